The van der Waals surface area contributed by atoms with Gasteiger partial charge < -0.3 is 4.57 Å². The molecule has 0 aliphatic carbocycles. The van der Waals surface area contributed by atoms with E-state index < -0.39 is 4.92 Å². The zero-order valence-electron chi connectivity index (χ0n) is 14.3. The number of nitrogens with one attached hydrogen (secondary N) is 1. The maximum Gasteiger partial charge on any atom is 0.294 e. The fourth-order valence-corrected chi connectivity index (χ4v) is 2.93. The summed E-state index contributed by atoms with van der Waals surface area (Å²) in [5.41, 5.74) is 7.07. The molecule has 2 aromatic carbocycles. The van der Waals surface area contributed by atoms with Crippen molar-refractivity contribution in [3.8, 4) is 5.69 Å². The lowest BCUT2D eigenvalue weighted by Gasteiger charge is -2.09. The van der Waals surface area contributed by atoms with Crippen LogP contribution >= 0.6 is 11.6 Å². The average Bonchev–Trinajstić information content (AvgIpc) is 2.90. The largest absolute Gasteiger partial charge is 0.318 e. The summed E-state index contributed by atoms with van der Waals surface area (Å²) in [5.74, 6) is 0. The third-order valence-electron chi connectivity index (χ3n) is 4.04. The van der Waals surface area contributed by atoms with Crippen LogP contribution in [0.5, 0.6) is 0 Å². The summed E-state index contributed by atoms with van der Waals surface area (Å²) in [6, 6.07) is 16.0. The molecule has 6 nitrogen and oxygen atoms in total. The van der Waals surface area contributed by atoms with Crippen molar-refractivity contribution in [3.05, 3.63) is 86.7 Å². The monoisotopic (exact) mass is 368 g/mol. The second-order valence-electron chi connectivity index (χ2n) is 5.78. The normalized spacial score (nSPS) is 11.0. The van der Waals surface area contributed by atoms with Gasteiger partial charge in [-0.1, -0.05) is 23.7 Å². The number of hydrogen-bond acceptors (Lipinski definition) is 4. The van der Waals surface area contributed by atoms with Crippen LogP contribution in [0.2, 0.25) is 5.02 Å². The van der Waals surface area contributed by atoms with Crippen molar-refractivity contribution in [1.82, 2.24) is 4.57 Å². The van der Waals surface area contributed by atoms with Crippen LogP contribution in [0.4, 0.5) is 11.4 Å². The second kappa shape index (κ2) is 7.41. The van der Waals surface area contributed by atoms with E-state index in [0.717, 1.165) is 22.6 Å². The molecule has 0 bridgehead atoms. The molecule has 0 unspecified atom stereocenters. The Morgan fingerprint density at radius 1 is 1.15 bits per heavy atom. The molecule has 1 heterocycles. The number of halogens is 1. The highest BCUT2D eigenvalue weighted by Crippen LogP contribution is 2.24. The van der Waals surface area contributed by atoms with Crippen molar-refractivity contribution in [3.63, 3.8) is 0 Å². The summed E-state index contributed by atoms with van der Waals surface area (Å²) in [6.45, 7) is 4.00. The van der Waals surface area contributed by atoms with Crippen LogP contribution in [0.25, 0.3) is 5.69 Å². The number of para-hydroxylation sites is 2. The van der Waals surface area contributed by atoms with Crippen molar-refractivity contribution in [1.29, 1.82) is 0 Å². The number of rotatable bonds is 5. The number of hydrazone groups is 1. The molecule has 0 radical (unpaired) electrons. The molecular weight excluding hydrogens is 352 g/mol. The first-order valence-corrected chi connectivity index (χ1v) is 8.32. The number of benzene rings is 2. The molecule has 0 saturated heterocycles. The molecule has 7 heteroatoms. The molecule has 0 spiro atoms. The Balaban J connectivity index is 1.85. The zero-order valence-corrected chi connectivity index (χ0v) is 15.1. The third kappa shape index (κ3) is 3.60. The molecule has 3 rings (SSSR count). The predicted molar refractivity (Wildman–Crippen MR) is 105 cm³/mol. The van der Waals surface area contributed by atoms with Gasteiger partial charge >= 0.3 is 0 Å². The smallest absolute Gasteiger partial charge is 0.294 e. The molecular formula is C19H17ClN4O2. The van der Waals surface area contributed by atoms with Gasteiger partial charge in [0.1, 0.15) is 5.69 Å². The van der Waals surface area contributed by atoms with Gasteiger partial charge in [0.25, 0.3) is 5.69 Å². The average molecular weight is 369 g/mol. The maximum atomic E-state index is 11.0. The van der Waals surface area contributed by atoms with Crippen LogP contribution in [-0.2, 0) is 0 Å². The van der Waals surface area contributed by atoms with Crippen LogP contribution < -0.4 is 5.43 Å². The van der Waals surface area contributed by atoms with Crippen LogP contribution in [0.15, 0.2) is 59.7 Å². The quantitative estimate of drug-likeness (QED) is 0.386. The van der Waals surface area contributed by atoms with Gasteiger partial charge in [0.05, 0.1) is 11.1 Å². The van der Waals surface area contributed by atoms with Crippen molar-refractivity contribution >= 4 is 29.2 Å². The van der Waals surface area contributed by atoms with Crippen LogP contribution in [0, 0.1) is 24.0 Å². The number of aromatic nitrogens is 1. The van der Waals surface area contributed by atoms with Gasteiger partial charge in [-0.2, -0.15) is 5.10 Å². The molecule has 0 aliphatic heterocycles. The minimum absolute atomic E-state index is 0.0173. The molecule has 0 aliphatic rings. The molecule has 0 saturated carbocycles. The van der Waals surface area contributed by atoms with Crippen molar-refractivity contribution in [2.24, 2.45) is 5.10 Å². The fraction of sp³-hybridized carbons (Fsp3) is 0.105. The Morgan fingerprint density at radius 2 is 1.85 bits per heavy atom. The van der Waals surface area contributed by atoms with Gasteiger partial charge in [0.15, 0.2) is 0 Å². The van der Waals surface area contributed by atoms with Gasteiger partial charge in [-0.05, 0) is 50.2 Å². The topological polar surface area (TPSA) is 72.5 Å². The first-order valence-electron chi connectivity index (χ1n) is 7.95. The van der Waals surface area contributed by atoms with Crippen molar-refractivity contribution < 1.29 is 4.92 Å². The Kier molecular flexibility index (Phi) is 5.04. The Labute approximate surface area is 155 Å². The lowest BCUT2D eigenvalue weighted by Crippen LogP contribution is -2.00. The summed E-state index contributed by atoms with van der Waals surface area (Å²) in [7, 11) is 0. The van der Waals surface area contributed by atoms with Gasteiger partial charge in [-0.25, -0.2) is 0 Å². The van der Waals surface area contributed by atoms with E-state index in [0.29, 0.717) is 10.7 Å². The summed E-state index contributed by atoms with van der Waals surface area (Å²) in [4.78, 5) is 10.6. The standard InChI is InChI=1S/C19H17ClN4O2/c1-13-11-15(14(2)23(13)17-9-7-16(20)8-10-17)12-21-22-18-5-3-4-6-19(18)24(25)26/h3-12,22H,1-2H3. The number of hydrogen-bond donors (Lipinski definition) is 1. The van der Waals surface area contributed by atoms with E-state index in [9.17, 15) is 10.1 Å². The van der Waals surface area contributed by atoms with Crippen LogP contribution in [0.3, 0.4) is 0 Å². The third-order valence-corrected chi connectivity index (χ3v) is 4.30. The Hall–Kier alpha value is -3.12. The number of aryl methyl sites for hydroxylation is 1. The lowest BCUT2D eigenvalue weighted by molar-refractivity contribution is -0.384. The molecule has 26 heavy (non-hydrogen) atoms. The Bertz CT molecular complexity index is 978. The first-order chi connectivity index (χ1) is 12.5. The molecule has 1 N–H and O–H groups in total. The SMILES string of the molecule is Cc1cc(C=NNc2ccccc2[N+](=O)[O-])c(C)n1-c1ccc(Cl)cc1. The highest BCUT2D eigenvalue weighted by atomic mass is 35.5. The van der Waals surface area contributed by atoms with Crippen molar-refractivity contribution in [2.75, 3.05) is 5.43 Å². The van der Waals surface area contributed by atoms with E-state index in [-0.39, 0.29) is 5.69 Å². The van der Waals surface area contributed by atoms with Gasteiger partial charge in [0, 0.05) is 33.7 Å². The van der Waals surface area contributed by atoms with Gasteiger partial charge in [0.2, 0.25) is 0 Å². The maximum absolute atomic E-state index is 11.0. The molecule has 0 fully saturated rings. The highest BCUT2D eigenvalue weighted by Gasteiger charge is 2.12. The van der Waals surface area contributed by atoms with E-state index in [2.05, 4.69) is 15.1 Å². The number of nitro benzene ring substituents is 1. The van der Waals surface area contributed by atoms with Crippen LogP contribution in [-0.4, -0.2) is 15.7 Å². The lowest BCUT2D eigenvalue weighted by atomic mass is 10.2. The summed E-state index contributed by atoms with van der Waals surface area (Å²) < 4.78 is 2.10. The van der Waals surface area contributed by atoms with E-state index in [1.165, 1.54) is 6.07 Å². The molecule has 132 valence electrons. The van der Waals surface area contributed by atoms with Crippen molar-refractivity contribution in [2.45, 2.75) is 13.8 Å². The van der Waals surface area contributed by atoms with Gasteiger partial charge in [-0.15, -0.1) is 0 Å². The minimum Gasteiger partial charge on any atom is -0.318 e. The highest BCUT2D eigenvalue weighted by molar-refractivity contribution is 6.30. The molecule has 0 amide bonds. The molecule has 3 aromatic rings. The fourth-order valence-electron chi connectivity index (χ4n) is 2.80. The van der Waals surface area contributed by atoms with Gasteiger partial charge in [-0.3, -0.25) is 15.5 Å². The van der Waals surface area contributed by atoms with E-state index in [4.69, 9.17) is 11.6 Å². The zero-order chi connectivity index (χ0) is 18.7. The molecule has 1 aromatic heterocycles. The van der Waals surface area contributed by atoms with Crippen LogP contribution in [0.1, 0.15) is 17.0 Å². The summed E-state index contributed by atoms with van der Waals surface area (Å²) in [5, 5.41) is 15.9. The second-order valence-corrected chi connectivity index (χ2v) is 6.22. The number of nitro groups is 1. The van der Waals surface area contributed by atoms with E-state index in [1.807, 2.05) is 44.2 Å². The minimum atomic E-state index is -0.440. The molecule has 0 atom stereocenters. The van der Waals surface area contributed by atoms with E-state index >= 15 is 0 Å². The summed E-state index contributed by atoms with van der Waals surface area (Å²) >= 11 is 5.96. The number of nitrogens with zero attached hydrogens (tertiary/aromatic N) is 3. The van der Waals surface area contributed by atoms with E-state index in [1.54, 1.807) is 24.4 Å². The predicted octanol–water partition coefficient (Wildman–Crippen LogP) is 5.10. The Morgan fingerprint density at radius 3 is 2.54 bits per heavy atom. The number of anilines is 1. The first kappa shape index (κ1) is 17.7. The summed E-state index contributed by atoms with van der Waals surface area (Å²) in [6.07, 6.45) is 1.66.